The van der Waals surface area contributed by atoms with Gasteiger partial charge in [0.25, 0.3) is 11.9 Å². The Morgan fingerprint density at radius 1 is 1.32 bits per heavy atom. The number of carbonyl (C=O) groups is 1. The van der Waals surface area contributed by atoms with Crippen molar-refractivity contribution in [3.05, 3.63) is 35.4 Å². The van der Waals surface area contributed by atoms with E-state index in [1.54, 1.807) is 13.2 Å². The van der Waals surface area contributed by atoms with Crippen LogP contribution in [0.5, 0.6) is 0 Å². The standard InChI is InChI=1S/C19H29N3O3/c1-15-6-5-7-16(14-15)18(23)20-19(25-13-12-24-4)22(3)17-8-10-21(2)11-9-17/h5-7,14,17H,8-13H2,1-4H3. The van der Waals surface area contributed by atoms with E-state index in [2.05, 4.69) is 16.9 Å². The van der Waals surface area contributed by atoms with E-state index in [1.807, 2.05) is 37.1 Å². The van der Waals surface area contributed by atoms with Gasteiger partial charge in [-0.25, -0.2) is 0 Å². The first-order chi connectivity index (χ1) is 12.0. The number of nitrogens with zero attached hydrogens (tertiary/aromatic N) is 3. The van der Waals surface area contributed by atoms with Gasteiger partial charge in [-0.15, -0.1) is 0 Å². The number of carbonyl (C=O) groups excluding carboxylic acids is 1. The number of amidine groups is 1. The third kappa shape index (κ3) is 5.83. The van der Waals surface area contributed by atoms with E-state index in [4.69, 9.17) is 9.47 Å². The molecule has 2 rings (SSSR count). The number of hydrogen-bond acceptors (Lipinski definition) is 4. The highest BCUT2D eigenvalue weighted by molar-refractivity contribution is 6.01. The highest BCUT2D eigenvalue weighted by Crippen LogP contribution is 2.16. The molecule has 0 bridgehead atoms. The molecule has 138 valence electrons. The Morgan fingerprint density at radius 2 is 2.04 bits per heavy atom. The highest BCUT2D eigenvalue weighted by atomic mass is 16.5. The van der Waals surface area contributed by atoms with Crippen molar-refractivity contribution >= 4 is 11.9 Å². The Balaban J connectivity index is 2.14. The molecule has 6 heteroatoms. The minimum atomic E-state index is -0.282. The molecular formula is C19H29N3O3. The molecule has 0 N–H and O–H groups in total. The molecule has 0 spiro atoms. The lowest BCUT2D eigenvalue weighted by Crippen LogP contribution is -2.45. The normalized spacial score (nSPS) is 16.7. The first-order valence-electron chi connectivity index (χ1n) is 8.74. The number of aryl methyl sites for hydroxylation is 1. The summed E-state index contributed by atoms with van der Waals surface area (Å²) in [5.74, 6) is -0.282. The van der Waals surface area contributed by atoms with Crippen LogP contribution in [0.3, 0.4) is 0 Å². The molecule has 1 heterocycles. The Morgan fingerprint density at radius 3 is 2.68 bits per heavy atom. The molecular weight excluding hydrogens is 318 g/mol. The minimum Gasteiger partial charge on any atom is -0.462 e. The number of amides is 1. The summed E-state index contributed by atoms with van der Waals surface area (Å²) in [7, 11) is 5.70. The second kappa shape index (κ2) is 9.53. The van der Waals surface area contributed by atoms with E-state index in [9.17, 15) is 4.79 Å². The van der Waals surface area contributed by atoms with Gasteiger partial charge in [0.05, 0.1) is 6.61 Å². The molecule has 1 aliphatic heterocycles. The van der Waals surface area contributed by atoms with Crippen LogP contribution in [0.15, 0.2) is 29.3 Å². The summed E-state index contributed by atoms with van der Waals surface area (Å²) in [6.45, 7) is 4.85. The Labute approximate surface area is 150 Å². The first-order valence-corrected chi connectivity index (χ1v) is 8.74. The fourth-order valence-corrected chi connectivity index (χ4v) is 2.90. The lowest BCUT2D eigenvalue weighted by Gasteiger charge is -2.36. The van der Waals surface area contributed by atoms with E-state index in [0.29, 0.717) is 30.8 Å². The molecule has 1 aliphatic rings. The average Bonchev–Trinajstić information content (AvgIpc) is 2.61. The van der Waals surface area contributed by atoms with Crippen molar-refractivity contribution < 1.29 is 14.3 Å². The van der Waals surface area contributed by atoms with Crippen LogP contribution in [0.1, 0.15) is 28.8 Å². The number of ether oxygens (including phenoxy) is 2. The second-order valence-corrected chi connectivity index (χ2v) is 6.56. The SMILES string of the molecule is COCCOC(=NC(=O)c1cccc(C)c1)N(C)C1CCN(C)CC1. The van der Waals surface area contributed by atoms with Gasteiger partial charge in [0.1, 0.15) is 6.61 Å². The summed E-state index contributed by atoms with van der Waals surface area (Å²) in [6, 6.07) is 8.14. The van der Waals surface area contributed by atoms with E-state index in [0.717, 1.165) is 31.5 Å². The van der Waals surface area contributed by atoms with Gasteiger partial charge in [-0.3, -0.25) is 4.79 Å². The van der Waals surface area contributed by atoms with E-state index >= 15 is 0 Å². The lowest BCUT2D eigenvalue weighted by atomic mass is 10.0. The number of likely N-dealkylation sites (tertiary alicyclic amines) is 1. The zero-order valence-electron chi connectivity index (χ0n) is 15.7. The zero-order chi connectivity index (χ0) is 18.2. The quantitative estimate of drug-likeness (QED) is 0.464. The van der Waals surface area contributed by atoms with Crippen LogP contribution in [-0.2, 0) is 9.47 Å². The van der Waals surface area contributed by atoms with Crippen molar-refractivity contribution in [2.75, 3.05) is 47.5 Å². The fourth-order valence-electron chi connectivity index (χ4n) is 2.90. The van der Waals surface area contributed by atoms with Crippen LogP contribution in [0.4, 0.5) is 0 Å². The highest BCUT2D eigenvalue weighted by Gasteiger charge is 2.24. The molecule has 0 aliphatic carbocycles. The maximum atomic E-state index is 12.5. The molecule has 0 radical (unpaired) electrons. The van der Waals surface area contributed by atoms with Crippen LogP contribution in [0, 0.1) is 6.92 Å². The van der Waals surface area contributed by atoms with Gasteiger partial charge in [-0.05, 0) is 52.0 Å². The number of benzene rings is 1. The molecule has 1 fully saturated rings. The topological polar surface area (TPSA) is 54.4 Å². The minimum absolute atomic E-state index is 0.282. The van der Waals surface area contributed by atoms with Crippen LogP contribution in [0.2, 0.25) is 0 Å². The van der Waals surface area contributed by atoms with Gasteiger partial charge in [-0.2, -0.15) is 4.99 Å². The number of methoxy groups -OCH3 is 1. The molecule has 25 heavy (non-hydrogen) atoms. The molecule has 0 atom stereocenters. The predicted octanol–water partition coefficient (Wildman–Crippen LogP) is 2.18. The summed E-state index contributed by atoms with van der Waals surface area (Å²) in [5.41, 5.74) is 1.61. The molecule has 1 amide bonds. The van der Waals surface area contributed by atoms with Crippen LogP contribution in [0.25, 0.3) is 0 Å². The van der Waals surface area contributed by atoms with Gasteiger partial charge < -0.3 is 19.3 Å². The third-order valence-electron chi connectivity index (χ3n) is 4.52. The first kappa shape index (κ1) is 19.4. The molecule has 1 aromatic carbocycles. The Hall–Kier alpha value is -1.92. The van der Waals surface area contributed by atoms with E-state index < -0.39 is 0 Å². The lowest BCUT2D eigenvalue weighted by molar-refractivity contribution is 0.0965. The van der Waals surface area contributed by atoms with Crippen molar-refractivity contribution in [2.45, 2.75) is 25.8 Å². The largest absolute Gasteiger partial charge is 0.462 e. The molecule has 1 saturated heterocycles. The summed E-state index contributed by atoms with van der Waals surface area (Å²) in [6.07, 6.45) is 2.05. The van der Waals surface area contributed by atoms with Gasteiger partial charge in [0, 0.05) is 25.8 Å². The maximum absolute atomic E-state index is 12.5. The van der Waals surface area contributed by atoms with Crippen molar-refractivity contribution in [3.8, 4) is 0 Å². The number of aliphatic imine (C=N–C) groups is 1. The van der Waals surface area contributed by atoms with Crippen LogP contribution < -0.4 is 0 Å². The average molecular weight is 347 g/mol. The Bertz CT molecular complexity index is 595. The fraction of sp³-hybridized carbons (Fsp3) is 0.579. The Kier molecular flexibility index (Phi) is 7.40. The number of piperidine rings is 1. The summed E-state index contributed by atoms with van der Waals surface area (Å²) < 4.78 is 10.8. The summed E-state index contributed by atoms with van der Waals surface area (Å²) in [4.78, 5) is 21.1. The number of hydrogen-bond donors (Lipinski definition) is 0. The summed E-state index contributed by atoms with van der Waals surface area (Å²) in [5, 5.41) is 0. The molecule has 0 aromatic heterocycles. The van der Waals surface area contributed by atoms with Crippen molar-refractivity contribution in [1.29, 1.82) is 0 Å². The van der Waals surface area contributed by atoms with Gasteiger partial charge >= 0.3 is 0 Å². The molecule has 6 nitrogen and oxygen atoms in total. The van der Waals surface area contributed by atoms with Crippen LogP contribution in [-0.4, -0.2) is 75.3 Å². The molecule has 0 saturated carbocycles. The smallest absolute Gasteiger partial charge is 0.295 e. The van der Waals surface area contributed by atoms with Crippen molar-refractivity contribution in [3.63, 3.8) is 0 Å². The van der Waals surface area contributed by atoms with Gasteiger partial charge in [-0.1, -0.05) is 17.7 Å². The predicted molar refractivity (Wildman–Crippen MR) is 99.1 cm³/mol. The van der Waals surface area contributed by atoms with Crippen molar-refractivity contribution in [2.24, 2.45) is 4.99 Å². The van der Waals surface area contributed by atoms with E-state index in [-0.39, 0.29) is 5.91 Å². The third-order valence-corrected chi connectivity index (χ3v) is 4.52. The number of rotatable bonds is 5. The monoisotopic (exact) mass is 347 g/mol. The second-order valence-electron chi connectivity index (χ2n) is 6.56. The zero-order valence-corrected chi connectivity index (χ0v) is 15.7. The van der Waals surface area contributed by atoms with E-state index in [1.165, 1.54) is 0 Å². The van der Waals surface area contributed by atoms with Crippen molar-refractivity contribution in [1.82, 2.24) is 9.80 Å². The molecule has 1 aromatic rings. The molecule has 0 unspecified atom stereocenters. The maximum Gasteiger partial charge on any atom is 0.295 e. The van der Waals surface area contributed by atoms with Gasteiger partial charge in [0.15, 0.2) is 0 Å². The van der Waals surface area contributed by atoms with Crippen LogP contribution >= 0.6 is 0 Å². The summed E-state index contributed by atoms with van der Waals surface area (Å²) >= 11 is 0. The van der Waals surface area contributed by atoms with Gasteiger partial charge in [0.2, 0.25) is 0 Å².